The first kappa shape index (κ1) is 6.80. The molecule has 1 aliphatic heterocycles. The molecule has 54 valence electrons. The van der Waals surface area contributed by atoms with Crippen LogP contribution < -0.4 is 5.32 Å². The van der Waals surface area contributed by atoms with Crippen LogP contribution >= 0.6 is 0 Å². The molecule has 0 aromatic carbocycles. The van der Waals surface area contributed by atoms with Crippen LogP contribution in [0.2, 0.25) is 0 Å². The standard InChI is InChI=1S/C6H9N3O/c1-7-6(10)9-4-2-3-8-5-9/h2-4H,5H2,1H3,(H,7,10). The van der Waals surface area contributed by atoms with E-state index in [1.807, 2.05) is 0 Å². The molecular weight excluding hydrogens is 130 g/mol. The number of nitrogens with zero attached hydrogens (tertiary/aromatic N) is 2. The molecular formula is C6H9N3O. The van der Waals surface area contributed by atoms with E-state index in [0.717, 1.165) is 0 Å². The summed E-state index contributed by atoms with van der Waals surface area (Å²) in [6.07, 6.45) is 5.07. The number of hydrogen-bond acceptors (Lipinski definition) is 2. The molecule has 4 heteroatoms. The lowest BCUT2D eigenvalue weighted by molar-refractivity contribution is 0.218. The first-order valence-corrected chi connectivity index (χ1v) is 2.99. The predicted octanol–water partition coefficient (Wildman–Crippen LogP) is 0.183. The molecule has 1 heterocycles. The highest BCUT2D eigenvalue weighted by Gasteiger charge is 2.06. The van der Waals surface area contributed by atoms with Crippen molar-refractivity contribution >= 4 is 12.2 Å². The number of aliphatic imine (C=N–C) groups is 1. The Morgan fingerprint density at radius 2 is 2.60 bits per heavy atom. The molecule has 2 amide bonds. The summed E-state index contributed by atoms with van der Waals surface area (Å²) in [6, 6.07) is -0.131. The fourth-order valence-corrected chi connectivity index (χ4v) is 0.661. The lowest BCUT2D eigenvalue weighted by Crippen LogP contribution is -2.35. The van der Waals surface area contributed by atoms with Crippen LogP contribution in [0.3, 0.4) is 0 Å². The van der Waals surface area contributed by atoms with E-state index in [2.05, 4.69) is 10.3 Å². The Bertz CT molecular complexity index is 185. The summed E-state index contributed by atoms with van der Waals surface area (Å²) in [4.78, 5) is 16.2. The average Bonchev–Trinajstić information content (AvgIpc) is 2.05. The summed E-state index contributed by atoms with van der Waals surface area (Å²) in [5.74, 6) is 0. The second-order valence-corrected chi connectivity index (χ2v) is 1.84. The normalized spacial score (nSPS) is 15.5. The number of amides is 2. The zero-order valence-electron chi connectivity index (χ0n) is 5.74. The van der Waals surface area contributed by atoms with E-state index < -0.39 is 0 Å². The van der Waals surface area contributed by atoms with Gasteiger partial charge in [0, 0.05) is 19.5 Å². The van der Waals surface area contributed by atoms with Crippen LogP contribution in [-0.2, 0) is 0 Å². The minimum Gasteiger partial charge on any atom is -0.341 e. The molecule has 0 aromatic heterocycles. The monoisotopic (exact) mass is 139 g/mol. The quantitative estimate of drug-likeness (QED) is 0.511. The van der Waals surface area contributed by atoms with Crippen molar-refractivity contribution in [2.75, 3.05) is 13.7 Å². The Labute approximate surface area is 59.2 Å². The van der Waals surface area contributed by atoms with Gasteiger partial charge in [0.25, 0.3) is 0 Å². The first-order valence-electron chi connectivity index (χ1n) is 2.99. The molecule has 1 N–H and O–H groups in total. The average molecular weight is 139 g/mol. The van der Waals surface area contributed by atoms with Crippen LogP contribution in [-0.4, -0.2) is 30.9 Å². The maximum absolute atomic E-state index is 10.9. The number of rotatable bonds is 0. The van der Waals surface area contributed by atoms with Crippen LogP contribution in [0.4, 0.5) is 4.79 Å². The SMILES string of the molecule is CNC(=O)N1C=CC=NC1. The smallest absolute Gasteiger partial charge is 0.322 e. The lowest BCUT2D eigenvalue weighted by Gasteiger charge is -2.16. The van der Waals surface area contributed by atoms with E-state index in [-0.39, 0.29) is 6.03 Å². The van der Waals surface area contributed by atoms with E-state index >= 15 is 0 Å². The van der Waals surface area contributed by atoms with Gasteiger partial charge in [-0.05, 0) is 6.08 Å². The number of urea groups is 1. The largest absolute Gasteiger partial charge is 0.341 e. The van der Waals surface area contributed by atoms with Gasteiger partial charge in [-0.3, -0.25) is 9.89 Å². The molecule has 0 saturated carbocycles. The van der Waals surface area contributed by atoms with Crippen molar-refractivity contribution in [3.63, 3.8) is 0 Å². The highest BCUT2D eigenvalue weighted by Crippen LogP contribution is 1.94. The van der Waals surface area contributed by atoms with Crippen molar-refractivity contribution < 1.29 is 4.79 Å². The fourth-order valence-electron chi connectivity index (χ4n) is 0.661. The summed E-state index contributed by atoms with van der Waals surface area (Å²) in [6.45, 7) is 0.413. The van der Waals surface area contributed by atoms with Crippen molar-refractivity contribution in [2.45, 2.75) is 0 Å². The van der Waals surface area contributed by atoms with Crippen molar-refractivity contribution in [3.8, 4) is 0 Å². The minimum atomic E-state index is -0.131. The van der Waals surface area contributed by atoms with Gasteiger partial charge in [0.2, 0.25) is 0 Å². The number of hydrogen-bond donors (Lipinski definition) is 1. The molecule has 0 saturated heterocycles. The molecule has 0 aliphatic carbocycles. The molecule has 0 spiro atoms. The molecule has 1 aliphatic rings. The van der Waals surface area contributed by atoms with Crippen LogP contribution in [0.15, 0.2) is 17.3 Å². The van der Waals surface area contributed by atoms with Crippen LogP contribution in [0.5, 0.6) is 0 Å². The van der Waals surface area contributed by atoms with Crippen molar-refractivity contribution in [1.29, 1.82) is 0 Å². The summed E-state index contributed by atoms with van der Waals surface area (Å²) < 4.78 is 0. The summed E-state index contributed by atoms with van der Waals surface area (Å²) in [7, 11) is 1.59. The third-order valence-corrected chi connectivity index (χ3v) is 1.17. The van der Waals surface area contributed by atoms with Gasteiger partial charge in [-0.1, -0.05) is 0 Å². The second-order valence-electron chi connectivity index (χ2n) is 1.84. The Morgan fingerprint density at radius 1 is 1.80 bits per heavy atom. The first-order chi connectivity index (χ1) is 4.84. The second kappa shape index (κ2) is 3.00. The van der Waals surface area contributed by atoms with Gasteiger partial charge in [0.1, 0.15) is 6.67 Å². The number of allylic oxidation sites excluding steroid dienone is 1. The fraction of sp³-hybridized carbons (Fsp3) is 0.333. The molecule has 0 bridgehead atoms. The maximum atomic E-state index is 10.9. The third-order valence-electron chi connectivity index (χ3n) is 1.17. The van der Waals surface area contributed by atoms with Gasteiger partial charge < -0.3 is 5.32 Å². The summed E-state index contributed by atoms with van der Waals surface area (Å²) in [5, 5.41) is 2.50. The number of nitrogens with one attached hydrogen (secondary N) is 1. The van der Waals surface area contributed by atoms with E-state index in [0.29, 0.717) is 6.67 Å². The molecule has 4 nitrogen and oxygen atoms in total. The summed E-state index contributed by atoms with van der Waals surface area (Å²) >= 11 is 0. The zero-order chi connectivity index (χ0) is 7.40. The van der Waals surface area contributed by atoms with Crippen LogP contribution in [0, 0.1) is 0 Å². The van der Waals surface area contributed by atoms with E-state index in [1.54, 1.807) is 25.5 Å². The van der Waals surface area contributed by atoms with Crippen molar-refractivity contribution in [1.82, 2.24) is 10.2 Å². The van der Waals surface area contributed by atoms with Gasteiger partial charge in [0.05, 0.1) is 0 Å². The van der Waals surface area contributed by atoms with E-state index in [9.17, 15) is 4.79 Å². The van der Waals surface area contributed by atoms with Gasteiger partial charge in [0.15, 0.2) is 0 Å². The summed E-state index contributed by atoms with van der Waals surface area (Å²) in [5.41, 5.74) is 0. The number of carbonyl (C=O) groups is 1. The number of carbonyl (C=O) groups excluding carboxylic acids is 1. The molecule has 1 rings (SSSR count). The molecule has 0 unspecified atom stereocenters. The Morgan fingerprint density at radius 3 is 3.10 bits per heavy atom. The highest BCUT2D eigenvalue weighted by atomic mass is 16.2. The van der Waals surface area contributed by atoms with Crippen LogP contribution in [0.25, 0.3) is 0 Å². The van der Waals surface area contributed by atoms with Gasteiger partial charge in [-0.25, -0.2) is 4.79 Å². The Balaban J connectivity index is 2.51. The third kappa shape index (κ3) is 1.34. The van der Waals surface area contributed by atoms with Crippen molar-refractivity contribution in [2.24, 2.45) is 4.99 Å². The molecule has 0 atom stereocenters. The van der Waals surface area contributed by atoms with Gasteiger partial charge in [-0.15, -0.1) is 0 Å². The van der Waals surface area contributed by atoms with Crippen LogP contribution in [0.1, 0.15) is 0 Å². The molecule has 0 radical (unpaired) electrons. The highest BCUT2D eigenvalue weighted by molar-refractivity contribution is 5.79. The molecule has 0 aromatic rings. The van der Waals surface area contributed by atoms with E-state index in [4.69, 9.17) is 0 Å². The van der Waals surface area contributed by atoms with E-state index in [1.165, 1.54) is 4.90 Å². The minimum absolute atomic E-state index is 0.131. The topological polar surface area (TPSA) is 44.7 Å². The molecule has 0 fully saturated rings. The Hall–Kier alpha value is -1.32. The predicted molar refractivity (Wildman–Crippen MR) is 38.8 cm³/mol. The maximum Gasteiger partial charge on any atom is 0.322 e. The van der Waals surface area contributed by atoms with Gasteiger partial charge >= 0.3 is 6.03 Å². The lowest BCUT2D eigenvalue weighted by atomic mass is 10.5. The van der Waals surface area contributed by atoms with Crippen molar-refractivity contribution in [3.05, 3.63) is 12.3 Å². The molecule has 10 heavy (non-hydrogen) atoms. The van der Waals surface area contributed by atoms with Gasteiger partial charge in [-0.2, -0.15) is 0 Å². The Kier molecular flexibility index (Phi) is 2.04. The zero-order valence-corrected chi connectivity index (χ0v) is 5.74.